The summed E-state index contributed by atoms with van der Waals surface area (Å²) in [6, 6.07) is 8.98. The molecule has 1 aromatic carbocycles. The molecule has 33 heavy (non-hydrogen) atoms. The molecule has 9 heteroatoms. The second-order valence-corrected chi connectivity index (χ2v) is 8.86. The Balaban J connectivity index is 1.47. The number of benzene rings is 1. The molecule has 1 fully saturated rings. The summed E-state index contributed by atoms with van der Waals surface area (Å²) in [4.78, 5) is 30.9. The number of rotatable bonds is 7. The van der Waals surface area contributed by atoms with Crippen LogP contribution in [-0.2, 0) is 4.79 Å². The molecule has 1 aliphatic rings. The Morgan fingerprint density at radius 1 is 1.09 bits per heavy atom. The predicted molar refractivity (Wildman–Crippen MR) is 129 cm³/mol. The highest BCUT2D eigenvalue weighted by atomic mass is 16.2. The van der Waals surface area contributed by atoms with Crippen LogP contribution in [0.2, 0.25) is 0 Å². The highest BCUT2D eigenvalue weighted by molar-refractivity contribution is 5.84. The zero-order valence-corrected chi connectivity index (χ0v) is 19.9. The summed E-state index contributed by atoms with van der Waals surface area (Å²) in [5.74, 6) is -0.199. The number of carbonyl (C=O) groups excluding carboxylic acids is 1. The van der Waals surface area contributed by atoms with Gasteiger partial charge < -0.3 is 15.1 Å². The Morgan fingerprint density at radius 3 is 2.48 bits per heavy atom. The lowest BCUT2D eigenvalue weighted by Gasteiger charge is -2.32. The van der Waals surface area contributed by atoms with Gasteiger partial charge in [-0.2, -0.15) is 10.2 Å². The number of hydrogen-bond donors (Lipinski definition) is 1. The highest BCUT2D eigenvalue weighted by Crippen LogP contribution is 2.20. The third-order valence-corrected chi connectivity index (χ3v) is 6.43. The van der Waals surface area contributed by atoms with Gasteiger partial charge in [-0.1, -0.05) is 18.2 Å². The average Bonchev–Trinajstić information content (AvgIpc) is 3.18. The van der Waals surface area contributed by atoms with Gasteiger partial charge in [-0.05, 0) is 52.9 Å². The molecule has 0 aliphatic carbocycles. The molecule has 4 rings (SSSR count). The summed E-state index contributed by atoms with van der Waals surface area (Å²) >= 11 is 0. The largest absolute Gasteiger partial charge is 0.354 e. The minimum absolute atomic E-state index is 0.199. The first-order valence-electron chi connectivity index (χ1n) is 11.6. The van der Waals surface area contributed by atoms with Gasteiger partial charge in [-0.3, -0.25) is 9.59 Å². The molecule has 0 saturated carbocycles. The van der Waals surface area contributed by atoms with Crippen molar-refractivity contribution in [3.63, 3.8) is 0 Å². The number of likely N-dealkylation sites (N-methyl/N-ethyl adjacent to an activating group) is 1. The maximum Gasteiger partial charge on any atom is 0.278 e. The monoisotopic (exact) mass is 451 g/mol. The summed E-state index contributed by atoms with van der Waals surface area (Å²) < 4.78 is 3.05. The van der Waals surface area contributed by atoms with Crippen molar-refractivity contribution in [1.82, 2.24) is 34.7 Å². The first-order valence-corrected chi connectivity index (χ1v) is 11.6. The Bertz CT molecular complexity index is 1180. The Kier molecular flexibility index (Phi) is 6.90. The fourth-order valence-electron chi connectivity index (χ4n) is 4.31. The number of fused-ring (bicyclic) bond motifs is 1. The van der Waals surface area contributed by atoms with E-state index in [9.17, 15) is 9.59 Å². The molecule has 1 saturated heterocycles. The fraction of sp³-hybridized carbons (Fsp3) is 0.500. The Morgan fingerprint density at radius 2 is 1.79 bits per heavy atom. The summed E-state index contributed by atoms with van der Waals surface area (Å²) in [5, 5.41) is 12.5. The normalized spacial score (nSPS) is 16.2. The van der Waals surface area contributed by atoms with E-state index in [0.717, 1.165) is 50.5 Å². The maximum absolute atomic E-state index is 13.3. The van der Waals surface area contributed by atoms with Crippen LogP contribution < -0.4 is 10.9 Å². The van der Waals surface area contributed by atoms with E-state index in [-0.39, 0.29) is 11.5 Å². The molecule has 1 atom stereocenters. The van der Waals surface area contributed by atoms with Crippen LogP contribution in [0.25, 0.3) is 16.6 Å². The van der Waals surface area contributed by atoms with Gasteiger partial charge in [-0.25, -0.2) is 9.36 Å². The highest BCUT2D eigenvalue weighted by Gasteiger charge is 2.23. The summed E-state index contributed by atoms with van der Waals surface area (Å²) in [6.07, 6.45) is 0.880. The molecule has 1 amide bonds. The molecule has 1 N–H and O–H groups in total. The molecule has 0 radical (unpaired) electrons. The third-order valence-electron chi connectivity index (χ3n) is 6.43. The van der Waals surface area contributed by atoms with Gasteiger partial charge in [-0.15, -0.1) is 0 Å². The minimum Gasteiger partial charge on any atom is -0.354 e. The van der Waals surface area contributed by atoms with E-state index in [1.807, 2.05) is 44.2 Å². The second kappa shape index (κ2) is 9.84. The predicted octanol–water partition coefficient (Wildman–Crippen LogP) is 1.51. The zero-order valence-electron chi connectivity index (χ0n) is 19.9. The molecule has 9 nitrogen and oxygen atoms in total. The lowest BCUT2D eigenvalue weighted by molar-refractivity contribution is -0.124. The van der Waals surface area contributed by atoms with Crippen LogP contribution in [0.1, 0.15) is 30.8 Å². The number of hydrogen-bond acceptors (Lipinski definition) is 6. The van der Waals surface area contributed by atoms with E-state index in [1.54, 1.807) is 11.6 Å². The Hall–Kier alpha value is -3.04. The van der Waals surface area contributed by atoms with Crippen molar-refractivity contribution in [2.45, 2.75) is 33.2 Å². The lowest BCUT2D eigenvalue weighted by atomic mass is 10.2. The van der Waals surface area contributed by atoms with Crippen LogP contribution in [-0.4, -0.2) is 81.6 Å². The molecule has 0 bridgehead atoms. The molecule has 3 aromatic rings. The van der Waals surface area contributed by atoms with Gasteiger partial charge in [0, 0.05) is 32.7 Å². The average molecular weight is 452 g/mol. The topological polar surface area (TPSA) is 88.3 Å². The van der Waals surface area contributed by atoms with E-state index in [4.69, 9.17) is 0 Å². The summed E-state index contributed by atoms with van der Waals surface area (Å²) in [7, 11) is 2.14. The van der Waals surface area contributed by atoms with Crippen molar-refractivity contribution in [3.05, 3.63) is 52.1 Å². The van der Waals surface area contributed by atoms with Crippen LogP contribution >= 0.6 is 0 Å². The van der Waals surface area contributed by atoms with Crippen molar-refractivity contribution in [2.75, 3.05) is 46.3 Å². The van der Waals surface area contributed by atoms with E-state index in [0.29, 0.717) is 23.1 Å². The van der Waals surface area contributed by atoms with Crippen molar-refractivity contribution in [2.24, 2.45) is 0 Å². The number of aryl methyl sites for hydroxylation is 2. The van der Waals surface area contributed by atoms with Crippen molar-refractivity contribution in [1.29, 1.82) is 0 Å². The van der Waals surface area contributed by atoms with E-state index >= 15 is 0 Å². The standard InChI is InChI=1S/C24H33N7O2/c1-17-22-21(18(2)30(27-22)20-9-6-5-7-10-20)24(33)31(26-17)19(3)23(32)25-11-8-12-29-15-13-28(4)14-16-29/h5-7,9-10,19H,8,11-16H2,1-4H3,(H,25,32)/t19-/m1/s1. The molecular weight excluding hydrogens is 418 g/mol. The van der Waals surface area contributed by atoms with Gasteiger partial charge >= 0.3 is 0 Å². The number of nitrogens with zero attached hydrogens (tertiary/aromatic N) is 6. The van der Waals surface area contributed by atoms with E-state index < -0.39 is 6.04 Å². The van der Waals surface area contributed by atoms with Crippen LogP contribution in [0, 0.1) is 13.8 Å². The maximum atomic E-state index is 13.3. The molecular formula is C24H33N7O2. The van der Waals surface area contributed by atoms with Gasteiger partial charge in [0.15, 0.2) is 0 Å². The first kappa shape index (κ1) is 23.1. The van der Waals surface area contributed by atoms with Gasteiger partial charge in [0.1, 0.15) is 11.6 Å². The smallest absolute Gasteiger partial charge is 0.278 e. The number of nitrogens with one attached hydrogen (secondary N) is 1. The molecule has 0 spiro atoms. The summed E-state index contributed by atoms with van der Waals surface area (Å²) in [5.41, 5.74) is 2.51. The first-order chi connectivity index (χ1) is 15.9. The number of amides is 1. The minimum atomic E-state index is -0.705. The molecule has 176 valence electrons. The van der Waals surface area contributed by atoms with Crippen LogP contribution in [0.5, 0.6) is 0 Å². The van der Waals surface area contributed by atoms with Gasteiger partial charge in [0.2, 0.25) is 5.91 Å². The van der Waals surface area contributed by atoms with E-state index in [2.05, 4.69) is 32.4 Å². The van der Waals surface area contributed by atoms with Crippen LogP contribution in [0.15, 0.2) is 35.1 Å². The molecule has 2 aromatic heterocycles. The Labute approximate surface area is 194 Å². The fourth-order valence-corrected chi connectivity index (χ4v) is 4.31. The number of para-hydroxylation sites is 1. The summed E-state index contributed by atoms with van der Waals surface area (Å²) in [6.45, 7) is 11.2. The van der Waals surface area contributed by atoms with Gasteiger partial charge in [0.05, 0.1) is 22.5 Å². The quantitative estimate of drug-likeness (QED) is 0.548. The van der Waals surface area contributed by atoms with E-state index in [1.165, 1.54) is 4.68 Å². The zero-order chi connectivity index (χ0) is 23.5. The molecule has 0 unspecified atom stereocenters. The SMILES string of the molecule is Cc1nn([C@H](C)C(=O)NCCCN2CCN(C)CC2)c(=O)c2c(C)n(-c3ccccc3)nc12. The molecule has 1 aliphatic heterocycles. The van der Waals surface area contributed by atoms with Crippen LogP contribution in [0.3, 0.4) is 0 Å². The molecule has 3 heterocycles. The third kappa shape index (κ3) is 4.84. The van der Waals surface area contributed by atoms with Crippen molar-refractivity contribution < 1.29 is 4.79 Å². The lowest BCUT2D eigenvalue weighted by Crippen LogP contribution is -2.45. The number of aromatic nitrogens is 4. The van der Waals surface area contributed by atoms with Crippen LogP contribution in [0.4, 0.5) is 0 Å². The van der Waals surface area contributed by atoms with Crippen molar-refractivity contribution >= 4 is 16.8 Å². The van der Waals surface area contributed by atoms with Crippen molar-refractivity contribution in [3.8, 4) is 5.69 Å². The number of piperazine rings is 1. The second-order valence-electron chi connectivity index (χ2n) is 8.86. The number of carbonyl (C=O) groups is 1. The van der Waals surface area contributed by atoms with Gasteiger partial charge in [0.25, 0.3) is 5.56 Å².